The minimum Gasteiger partial charge on any atom is -0.324 e. The molecule has 0 fully saturated rings. The number of rotatable bonds is 1. The number of halogens is 1. The first-order chi connectivity index (χ1) is 6.13. The van der Waals surface area contributed by atoms with Crippen molar-refractivity contribution in [3.8, 4) is 0 Å². The maximum Gasteiger partial charge on any atom is 0.221 e. The number of carbonyl (C=O) groups excluding carboxylic acids is 1. The Morgan fingerprint density at radius 1 is 1.62 bits per heavy atom. The molecule has 0 saturated carbocycles. The Morgan fingerprint density at radius 2 is 2.31 bits per heavy atom. The number of nitrogens with one attached hydrogen (secondary N) is 1. The van der Waals surface area contributed by atoms with E-state index in [0.717, 1.165) is 6.07 Å². The average Bonchev–Trinajstić information content (AvgIpc) is 2.08. The summed E-state index contributed by atoms with van der Waals surface area (Å²) in [5, 5.41) is 2.31. The first-order valence-corrected chi connectivity index (χ1v) is 3.58. The Labute approximate surface area is 75.0 Å². The zero-order valence-corrected chi connectivity index (χ0v) is 6.97. The largest absolute Gasteiger partial charge is 0.324 e. The van der Waals surface area contributed by atoms with Crippen LogP contribution < -0.4 is 5.32 Å². The molecule has 0 aliphatic heterocycles. The van der Waals surface area contributed by atoms with Gasteiger partial charge in [0.25, 0.3) is 0 Å². The summed E-state index contributed by atoms with van der Waals surface area (Å²) in [6.07, 6.45) is 0. The van der Waals surface area contributed by atoms with Crippen molar-refractivity contribution >= 4 is 17.3 Å². The number of hydrogen-bond donors (Lipinski definition) is 1. The summed E-state index contributed by atoms with van der Waals surface area (Å²) in [6, 6.07) is 3.89. The molecule has 1 aromatic carbocycles. The molecule has 0 spiro atoms. The minimum absolute atomic E-state index is 0.0971. The second-order valence-corrected chi connectivity index (χ2v) is 2.46. The molecule has 0 aromatic heterocycles. The first-order valence-electron chi connectivity index (χ1n) is 3.58. The Morgan fingerprint density at radius 3 is 2.77 bits per heavy atom. The lowest BCUT2D eigenvalue weighted by Crippen LogP contribution is -2.06. The average molecular weight is 178 g/mol. The van der Waals surface area contributed by atoms with Gasteiger partial charge in [-0.05, 0) is 12.1 Å². The molecule has 1 amide bonds. The lowest BCUT2D eigenvalue weighted by atomic mass is 10.2. The second kappa shape index (κ2) is 3.68. The summed E-state index contributed by atoms with van der Waals surface area (Å²) in [5.74, 6) is -0.932. The van der Waals surface area contributed by atoms with E-state index < -0.39 is 5.82 Å². The fourth-order valence-electron chi connectivity index (χ4n) is 0.865. The third-order valence-corrected chi connectivity index (χ3v) is 1.39. The summed E-state index contributed by atoms with van der Waals surface area (Å²) in [7, 11) is 0. The Kier molecular flexibility index (Phi) is 2.60. The number of nitrogens with zero attached hydrogens (tertiary/aromatic N) is 1. The van der Waals surface area contributed by atoms with Gasteiger partial charge in [0, 0.05) is 6.92 Å². The van der Waals surface area contributed by atoms with Crippen molar-refractivity contribution in [3.63, 3.8) is 0 Å². The SMILES string of the molecule is [C-]#[N+]c1ccc(NC(C)=O)c(F)c1. The van der Waals surface area contributed by atoms with Crippen LogP contribution in [-0.2, 0) is 4.79 Å². The van der Waals surface area contributed by atoms with Gasteiger partial charge in [0.2, 0.25) is 5.91 Å². The molecular formula is C9H7FN2O. The number of carbonyl (C=O) groups is 1. The second-order valence-electron chi connectivity index (χ2n) is 2.46. The van der Waals surface area contributed by atoms with Gasteiger partial charge in [0.15, 0.2) is 5.69 Å². The number of anilines is 1. The smallest absolute Gasteiger partial charge is 0.221 e. The van der Waals surface area contributed by atoms with Gasteiger partial charge in [0.1, 0.15) is 5.82 Å². The van der Waals surface area contributed by atoms with E-state index in [2.05, 4.69) is 10.2 Å². The fourth-order valence-corrected chi connectivity index (χ4v) is 0.865. The van der Waals surface area contributed by atoms with Gasteiger partial charge >= 0.3 is 0 Å². The molecule has 66 valence electrons. The Bertz CT molecular complexity index is 382. The van der Waals surface area contributed by atoms with Gasteiger partial charge in [-0.1, -0.05) is 6.07 Å². The van der Waals surface area contributed by atoms with Crippen LogP contribution in [0.15, 0.2) is 18.2 Å². The highest BCUT2D eigenvalue weighted by Gasteiger charge is 2.03. The van der Waals surface area contributed by atoms with E-state index in [1.807, 2.05) is 0 Å². The van der Waals surface area contributed by atoms with Crippen LogP contribution >= 0.6 is 0 Å². The summed E-state index contributed by atoms with van der Waals surface area (Å²) in [6.45, 7) is 7.92. The highest BCUT2D eigenvalue weighted by atomic mass is 19.1. The third kappa shape index (κ3) is 2.27. The van der Waals surface area contributed by atoms with Gasteiger partial charge in [0.05, 0.1) is 12.3 Å². The van der Waals surface area contributed by atoms with Crippen LogP contribution in [0.1, 0.15) is 6.92 Å². The maximum atomic E-state index is 13.0. The molecule has 1 rings (SSSR count). The van der Waals surface area contributed by atoms with Crippen LogP contribution in [0.4, 0.5) is 15.8 Å². The molecule has 0 atom stereocenters. The summed E-state index contributed by atoms with van der Waals surface area (Å²) < 4.78 is 13.0. The molecule has 13 heavy (non-hydrogen) atoms. The summed E-state index contributed by atoms with van der Waals surface area (Å²) in [5.41, 5.74) is 0.312. The lowest BCUT2D eigenvalue weighted by Gasteiger charge is -2.02. The molecule has 0 bridgehead atoms. The number of amides is 1. The molecule has 0 unspecified atom stereocenters. The van der Waals surface area contributed by atoms with E-state index >= 15 is 0 Å². The number of benzene rings is 1. The van der Waals surface area contributed by atoms with Crippen LogP contribution in [0.5, 0.6) is 0 Å². The zero-order chi connectivity index (χ0) is 9.84. The molecule has 0 heterocycles. The van der Waals surface area contributed by atoms with Crippen molar-refractivity contribution < 1.29 is 9.18 Å². The predicted octanol–water partition coefficient (Wildman–Crippen LogP) is 2.33. The van der Waals surface area contributed by atoms with Crippen molar-refractivity contribution in [2.45, 2.75) is 6.92 Å². The van der Waals surface area contributed by atoms with E-state index in [1.54, 1.807) is 0 Å². The lowest BCUT2D eigenvalue weighted by molar-refractivity contribution is -0.114. The van der Waals surface area contributed by atoms with Gasteiger partial charge < -0.3 is 5.32 Å². The molecular weight excluding hydrogens is 171 g/mol. The summed E-state index contributed by atoms with van der Waals surface area (Å²) >= 11 is 0. The van der Waals surface area contributed by atoms with E-state index in [0.29, 0.717) is 0 Å². The third-order valence-electron chi connectivity index (χ3n) is 1.39. The van der Waals surface area contributed by atoms with Gasteiger partial charge in [-0.2, -0.15) is 0 Å². The molecule has 0 saturated heterocycles. The number of hydrogen-bond acceptors (Lipinski definition) is 1. The van der Waals surface area contributed by atoms with Crippen molar-refractivity contribution in [1.82, 2.24) is 0 Å². The van der Waals surface area contributed by atoms with Crippen molar-refractivity contribution in [1.29, 1.82) is 0 Å². The van der Waals surface area contributed by atoms with Gasteiger partial charge in [-0.15, -0.1) is 0 Å². The van der Waals surface area contributed by atoms with E-state index in [1.165, 1.54) is 19.1 Å². The van der Waals surface area contributed by atoms with E-state index in [4.69, 9.17) is 6.57 Å². The van der Waals surface area contributed by atoms with Crippen molar-refractivity contribution in [2.24, 2.45) is 0 Å². The van der Waals surface area contributed by atoms with Crippen LogP contribution in [0.2, 0.25) is 0 Å². The minimum atomic E-state index is -0.594. The summed E-state index contributed by atoms with van der Waals surface area (Å²) in [4.78, 5) is 13.6. The van der Waals surface area contributed by atoms with Gasteiger partial charge in [-0.25, -0.2) is 9.24 Å². The molecule has 0 radical (unpaired) electrons. The molecule has 4 heteroatoms. The fraction of sp³-hybridized carbons (Fsp3) is 0.111. The normalized spacial score (nSPS) is 9.00. The monoisotopic (exact) mass is 178 g/mol. The maximum absolute atomic E-state index is 13.0. The van der Waals surface area contributed by atoms with Crippen LogP contribution in [0.25, 0.3) is 4.85 Å². The quantitative estimate of drug-likeness (QED) is 0.658. The van der Waals surface area contributed by atoms with Crippen LogP contribution in [0, 0.1) is 12.4 Å². The van der Waals surface area contributed by atoms with E-state index in [-0.39, 0.29) is 17.3 Å². The Balaban J connectivity index is 3.00. The van der Waals surface area contributed by atoms with Gasteiger partial charge in [-0.3, -0.25) is 4.79 Å². The molecule has 1 N–H and O–H groups in total. The molecule has 0 aliphatic carbocycles. The standard InChI is InChI=1S/C9H7FN2O/c1-6(13)12-9-4-3-7(11-2)5-8(9)10/h3-5H,1H3,(H,12,13). The van der Waals surface area contributed by atoms with E-state index in [9.17, 15) is 9.18 Å². The topological polar surface area (TPSA) is 33.5 Å². The molecule has 1 aromatic rings. The Hall–Kier alpha value is -1.89. The van der Waals surface area contributed by atoms with Crippen molar-refractivity contribution in [2.75, 3.05) is 5.32 Å². The highest BCUT2D eigenvalue weighted by Crippen LogP contribution is 2.20. The van der Waals surface area contributed by atoms with Crippen molar-refractivity contribution in [3.05, 3.63) is 35.4 Å². The predicted molar refractivity (Wildman–Crippen MR) is 47.0 cm³/mol. The molecule has 3 nitrogen and oxygen atoms in total. The molecule has 0 aliphatic rings. The van der Waals surface area contributed by atoms with Crippen LogP contribution in [-0.4, -0.2) is 5.91 Å². The first kappa shape index (κ1) is 9.20. The zero-order valence-electron chi connectivity index (χ0n) is 6.97. The van der Waals surface area contributed by atoms with Crippen LogP contribution in [0.3, 0.4) is 0 Å². The highest BCUT2D eigenvalue weighted by molar-refractivity contribution is 5.89.